The third-order valence-corrected chi connectivity index (χ3v) is 3.33. The minimum Gasteiger partial charge on any atom is -0.483 e. The standard InChI is InChI=1S/C11H22O3.C7H6O2.CH2O2/c1-3-4-5-6-7-8-9-10(12)11(13)14-2;8-7(9)6-4-2-1-3-5-6;2-1-3/h10,12H,3-9H2,1-2H3;1-5H,(H,8,9);1H,(H,2,3). The van der Waals surface area contributed by atoms with Crippen LogP contribution in [0.2, 0.25) is 0 Å². The zero-order chi connectivity index (χ0) is 20.2. The van der Waals surface area contributed by atoms with Crippen LogP contribution >= 0.6 is 0 Å². The summed E-state index contributed by atoms with van der Waals surface area (Å²) in [5, 5.41) is 24.5. The number of rotatable bonds is 9. The van der Waals surface area contributed by atoms with Gasteiger partial charge in [0, 0.05) is 0 Å². The molecule has 1 rings (SSSR count). The molecule has 0 saturated carbocycles. The van der Waals surface area contributed by atoms with Gasteiger partial charge in [0.15, 0.2) is 6.10 Å². The van der Waals surface area contributed by atoms with Crippen LogP contribution in [0.25, 0.3) is 0 Å². The van der Waals surface area contributed by atoms with Gasteiger partial charge in [0.2, 0.25) is 0 Å². The Hall–Kier alpha value is -2.41. The molecule has 0 fully saturated rings. The number of carbonyl (C=O) groups excluding carboxylic acids is 1. The second-order valence-corrected chi connectivity index (χ2v) is 5.37. The summed E-state index contributed by atoms with van der Waals surface area (Å²) in [4.78, 5) is 29.4. The molecule has 1 aromatic carbocycles. The maximum absolute atomic E-state index is 10.8. The highest BCUT2D eigenvalue weighted by atomic mass is 16.5. The molecule has 1 unspecified atom stereocenters. The zero-order valence-corrected chi connectivity index (χ0v) is 15.5. The van der Waals surface area contributed by atoms with Crippen LogP contribution in [0.3, 0.4) is 0 Å². The molecule has 0 amide bonds. The van der Waals surface area contributed by atoms with E-state index in [0.29, 0.717) is 12.0 Å². The number of methoxy groups -OCH3 is 1. The van der Waals surface area contributed by atoms with Crippen LogP contribution in [0.5, 0.6) is 0 Å². The van der Waals surface area contributed by atoms with Crippen LogP contribution in [0.15, 0.2) is 30.3 Å². The molecular formula is C19H30O7. The third kappa shape index (κ3) is 16.4. The minimum atomic E-state index is -0.925. The molecule has 0 radical (unpaired) electrons. The maximum atomic E-state index is 10.8. The number of benzene rings is 1. The van der Waals surface area contributed by atoms with Crippen LogP contribution in [0.1, 0.15) is 62.2 Å². The molecule has 0 saturated heterocycles. The molecule has 7 heteroatoms. The Bertz CT molecular complexity index is 474. The van der Waals surface area contributed by atoms with E-state index >= 15 is 0 Å². The van der Waals surface area contributed by atoms with E-state index < -0.39 is 18.0 Å². The molecule has 0 aliphatic rings. The number of aliphatic hydroxyl groups is 1. The molecule has 148 valence electrons. The van der Waals surface area contributed by atoms with Gasteiger partial charge in [-0.15, -0.1) is 0 Å². The second-order valence-electron chi connectivity index (χ2n) is 5.37. The Labute approximate surface area is 154 Å². The van der Waals surface area contributed by atoms with Gasteiger partial charge >= 0.3 is 11.9 Å². The molecule has 0 aliphatic heterocycles. The molecule has 1 aromatic rings. The number of aliphatic hydroxyl groups excluding tert-OH is 1. The molecular weight excluding hydrogens is 340 g/mol. The van der Waals surface area contributed by atoms with E-state index in [-0.39, 0.29) is 6.47 Å². The smallest absolute Gasteiger partial charge is 0.335 e. The first-order chi connectivity index (χ1) is 12.4. The molecule has 0 aliphatic carbocycles. The van der Waals surface area contributed by atoms with E-state index in [1.165, 1.54) is 32.8 Å². The van der Waals surface area contributed by atoms with E-state index in [4.69, 9.17) is 15.0 Å². The number of aromatic carboxylic acids is 1. The van der Waals surface area contributed by atoms with Gasteiger partial charge < -0.3 is 20.1 Å². The summed E-state index contributed by atoms with van der Waals surface area (Å²) in [6.45, 7) is 1.93. The fraction of sp³-hybridized carbons (Fsp3) is 0.526. The molecule has 26 heavy (non-hydrogen) atoms. The molecule has 0 bridgehead atoms. The SMILES string of the molecule is CCCCCCCCC(O)C(=O)OC.O=C(O)c1ccccc1.O=CO. The summed E-state index contributed by atoms with van der Waals surface area (Å²) in [7, 11) is 1.30. The summed E-state index contributed by atoms with van der Waals surface area (Å²) < 4.78 is 4.42. The van der Waals surface area contributed by atoms with Crippen LogP contribution in [0, 0.1) is 0 Å². The lowest BCUT2D eigenvalue weighted by Gasteiger charge is -2.07. The first-order valence-electron chi connectivity index (χ1n) is 8.56. The Morgan fingerprint density at radius 2 is 1.58 bits per heavy atom. The normalized spacial score (nSPS) is 10.3. The summed E-state index contributed by atoms with van der Waals surface area (Å²) >= 11 is 0. The van der Waals surface area contributed by atoms with E-state index in [0.717, 1.165) is 12.8 Å². The Balaban J connectivity index is 0. The van der Waals surface area contributed by atoms with Crippen LogP contribution in [-0.4, -0.2) is 46.9 Å². The average molecular weight is 370 g/mol. The van der Waals surface area contributed by atoms with E-state index in [1.54, 1.807) is 30.3 Å². The van der Waals surface area contributed by atoms with Crippen LogP contribution in [-0.2, 0) is 14.3 Å². The van der Waals surface area contributed by atoms with Crippen LogP contribution < -0.4 is 0 Å². The van der Waals surface area contributed by atoms with Gasteiger partial charge in [-0.3, -0.25) is 4.79 Å². The highest BCUT2D eigenvalue weighted by Crippen LogP contribution is 2.09. The third-order valence-electron chi connectivity index (χ3n) is 3.33. The number of unbranched alkanes of at least 4 members (excludes halogenated alkanes) is 5. The summed E-state index contributed by atoms with van der Waals surface area (Å²) in [5.41, 5.74) is 0.331. The molecule has 1 atom stereocenters. The quantitative estimate of drug-likeness (QED) is 0.346. The molecule has 0 aromatic heterocycles. The maximum Gasteiger partial charge on any atom is 0.335 e. The van der Waals surface area contributed by atoms with Gasteiger partial charge in [-0.2, -0.15) is 0 Å². The lowest BCUT2D eigenvalue weighted by molar-refractivity contribution is -0.150. The van der Waals surface area contributed by atoms with Gasteiger partial charge in [-0.1, -0.05) is 63.6 Å². The van der Waals surface area contributed by atoms with Gasteiger partial charge in [0.25, 0.3) is 6.47 Å². The van der Waals surface area contributed by atoms with Gasteiger partial charge in [0.1, 0.15) is 0 Å². The van der Waals surface area contributed by atoms with E-state index in [9.17, 15) is 14.7 Å². The van der Waals surface area contributed by atoms with Crippen molar-refractivity contribution in [3.63, 3.8) is 0 Å². The Kier molecular flexibility index (Phi) is 18.8. The monoisotopic (exact) mass is 370 g/mol. The second kappa shape index (κ2) is 18.9. The van der Waals surface area contributed by atoms with Gasteiger partial charge in [-0.25, -0.2) is 9.59 Å². The highest BCUT2D eigenvalue weighted by Gasteiger charge is 2.13. The predicted octanol–water partition coefficient (Wildman–Crippen LogP) is 3.36. The number of esters is 1. The van der Waals surface area contributed by atoms with Crippen molar-refractivity contribution in [2.24, 2.45) is 0 Å². The number of hydrogen-bond acceptors (Lipinski definition) is 5. The first kappa shape index (κ1) is 25.8. The van der Waals surface area contributed by atoms with Crippen molar-refractivity contribution in [3.05, 3.63) is 35.9 Å². The molecule has 3 N–H and O–H groups in total. The zero-order valence-electron chi connectivity index (χ0n) is 15.5. The lowest BCUT2D eigenvalue weighted by Crippen LogP contribution is -2.21. The number of carboxylic acids is 1. The number of carboxylic acid groups (broad SMARTS) is 2. The fourth-order valence-corrected chi connectivity index (χ4v) is 1.95. The van der Waals surface area contributed by atoms with Gasteiger partial charge in [0.05, 0.1) is 12.7 Å². The van der Waals surface area contributed by atoms with Crippen molar-refractivity contribution >= 4 is 18.4 Å². The number of ether oxygens (including phenoxy) is 1. The lowest BCUT2D eigenvalue weighted by atomic mass is 10.1. The fourth-order valence-electron chi connectivity index (χ4n) is 1.95. The minimum absolute atomic E-state index is 0.250. The number of carbonyl (C=O) groups is 3. The summed E-state index contributed by atoms with van der Waals surface area (Å²) in [6, 6.07) is 8.30. The van der Waals surface area contributed by atoms with E-state index in [1.807, 2.05) is 0 Å². The Morgan fingerprint density at radius 1 is 1.08 bits per heavy atom. The Morgan fingerprint density at radius 3 is 2.00 bits per heavy atom. The predicted molar refractivity (Wildman–Crippen MR) is 98.1 cm³/mol. The van der Waals surface area contributed by atoms with Crippen LogP contribution in [0.4, 0.5) is 0 Å². The average Bonchev–Trinajstić information content (AvgIpc) is 2.65. The number of hydrogen-bond donors (Lipinski definition) is 3. The molecule has 7 nitrogen and oxygen atoms in total. The van der Waals surface area contributed by atoms with Crippen molar-refractivity contribution in [1.29, 1.82) is 0 Å². The molecule has 0 heterocycles. The highest BCUT2D eigenvalue weighted by molar-refractivity contribution is 5.87. The summed E-state index contributed by atoms with van der Waals surface area (Å²) in [6.07, 6.45) is 6.56. The largest absolute Gasteiger partial charge is 0.483 e. The first-order valence-corrected chi connectivity index (χ1v) is 8.56. The van der Waals surface area contributed by atoms with Crippen molar-refractivity contribution in [3.8, 4) is 0 Å². The van der Waals surface area contributed by atoms with Crippen molar-refractivity contribution < 1.29 is 34.4 Å². The van der Waals surface area contributed by atoms with Crippen molar-refractivity contribution in [1.82, 2.24) is 0 Å². The van der Waals surface area contributed by atoms with E-state index in [2.05, 4.69) is 11.7 Å². The van der Waals surface area contributed by atoms with Crippen molar-refractivity contribution in [2.45, 2.75) is 58.0 Å². The van der Waals surface area contributed by atoms with Gasteiger partial charge in [-0.05, 0) is 18.6 Å². The summed E-state index contributed by atoms with van der Waals surface area (Å²) in [5.74, 6) is -1.39. The molecule has 0 spiro atoms. The van der Waals surface area contributed by atoms with Crippen molar-refractivity contribution in [2.75, 3.05) is 7.11 Å². The topological polar surface area (TPSA) is 121 Å².